The molecule has 4 heteroatoms. The topological polar surface area (TPSA) is 21.3 Å². The van der Waals surface area contributed by atoms with Gasteiger partial charge in [-0.25, -0.2) is 0 Å². The van der Waals surface area contributed by atoms with E-state index in [-0.39, 0.29) is 0 Å². The van der Waals surface area contributed by atoms with Crippen LogP contribution in [0.1, 0.15) is 0 Å². The maximum absolute atomic E-state index is 4.81. The van der Waals surface area contributed by atoms with Crippen LogP contribution in [0.5, 0.6) is 0 Å². The lowest BCUT2D eigenvalue weighted by molar-refractivity contribution is 0.201. The van der Waals surface area contributed by atoms with Crippen LogP contribution in [0.15, 0.2) is 0 Å². The Hall–Kier alpha value is 1.00. The highest BCUT2D eigenvalue weighted by molar-refractivity contribution is 14.2. The van der Waals surface area contributed by atoms with Crippen molar-refractivity contribution < 1.29 is 4.74 Å². The van der Waals surface area contributed by atoms with Gasteiger partial charge in [-0.15, -0.1) is 0 Å². The summed E-state index contributed by atoms with van der Waals surface area (Å²) in [4.78, 5) is 0. The number of hydrogen-bond donors (Lipinski definition) is 1. The molecule has 1 N–H and O–H groups in total. The van der Waals surface area contributed by atoms with E-state index in [1.807, 2.05) is 0 Å². The Balaban J connectivity index is 2.53. The first-order valence-electron chi connectivity index (χ1n) is 2.35. The van der Waals surface area contributed by atoms with Crippen molar-refractivity contribution in [2.45, 2.75) is 0 Å². The summed E-state index contributed by atoms with van der Waals surface area (Å²) in [6.45, 7) is 1.75. The minimum atomic E-state index is 0.803. The van der Waals surface area contributed by atoms with Crippen LogP contribution < -0.4 is 5.32 Å². The quantitative estimate of drug-likeness (QED) is 0.449. The molecule has 0 aliphatic heterocycles. The van der Waals surface area contributed by atoms with Crippen molar-refractivity contribution in [3.63, 3.8) is 0 Å². The van der Waals surface area contributed by atoms with Gasteiger partial charge in [-0.05, 0) is 21.2 Å². The average molecular weight is 247 g/mol. The molecular weight excluding hydrogens is 237 g/mol. The van der Waals surface area contributed by atoms with Crippen molar-refractivity contribution in [2.75, 3.05) is 26.1 Å². The van der Waals surface area contributed by atoms with Crippen LogP contribution in [-0.2, 0) is 4.74 Å². The molecule has 2 nitrogen and oxygen atoms in total. The summed E-state index contributed by atoms with van der Waals surface area (Å²) in [7, 11) is 3.46. The van der Waals surface area contributed by atoms with E-state index in [0.29, 0.717) is 0 Å². The van der Waals surface area contributed by atoms with E-state index < -0.39 is 0 Å². The second kappa shape index (κ2) is 8.00. The van der Waals surface area contributed by atoms with Gasteiger partial charge in [-0.3, -0.25) is 0 Å². The maximum Gasteiger partial charge on any atom is 0.0587 e. The highest BCUT2D eigenvalue weighted by Crippen LogP contribution is 2.06. The van der Waals surface area contributed by atoms with Gasteiger partial charge in [0.25, 0.3) is 0 Å². The largest absolute Gasteiger partial charge is 0.383 e. The second-order valence-electron chi connectivity index (χ2n) is 1.25. The maximum atomic E-state index is 4.81. The van der Waals surface area contributed by atoms with Crippen LogP contribution in [-0.4, -0.2) is 26.1 Å². The van der Waals surface area contributed by atoms with Gasteiger partial charge in [-0.2, -0.15) is 0 Å². The summed E-state index contributed by atoms with van der Waals surface area (Å²) in [6, 6.07) is 0. The first-order chi connectivity index (χ1) is 3.91. The summed E-state index contributed by atoms with van der Waals surface area (Å²) in [5.74, 6) is 1.00. The van der Waals surface area contributed by atoms with Crippen molar-refractivity contribution >= 4 is 30.1 Å². The third-order valence-electron chi connectivity index (χ3n) is 0.640. The minimum Gasteiger partial charge on any atom is -0.383 e. The fraction of sp³-hybridized carbons (Fsp3) is 1.00. The third kappa shape index (κ3) is 7.00. The molecule has 0 amide bonds. The molecule has 0 aliphatic rings. The number of hydrogen-bond acceptors (Lipinski definition) is 3. The Bertz CT molecular complexity index is 41.0. The van der Waals surface area contributed by atoms with E-state index in [1.165, 1.54) is 0 Å². The van der Waals surface area contributed by atoms with Crippen LogP contribution in [0, 0.1) is 0 Å². The first-order valence-corrected chi connectivity index (χ1v) is 5.88. The number of ether oxygens (including phenoxy) is 1. The lowest BCUT2D eigenvalue weighted by Crippen LogP contribution is -2.17. The Labute approximate surface area is 66.3 Å². The van der Waals surface area contributed by atoms with Crippen LogP contribution in [0.4, 0.5) is 0 Å². The molecular formula is C4H10INOS. The summed E-state index contributed by atoms with van der Waals surface area (Å²) < 4.78 is 4.81. The lowest BCUT2D eigenvalue weighted by Gasteiger charge is -1.97. The van der Waals surface area contributed by atoms with Crippen molar-refractivity contribution in [1.82, 2.24) is 5.32 Å². The molecule has 0 bridgehead atoms. The normalized spacial score (nSPS) is 9.75. The Morgan fingerprint density at radius 1 is 1.75 bits per heavy atom. The highest BCUT2D eigenvalue weighted by Gasteiger charge is 1.81. The Morgan fingerprint density at radius 3 is 3.00 bits per heavy atom. The van der Waals surface area contributed by atoms with Crippen molar-refractivity contribution in [2.24, 2.45) is 0 Å². The fourth-order valence-electron chi connectivity index (χ4n) is 0.285. The van der Waals surface area contributed by atoms with Crippen LogP contribution >= 0.6 is 30.1 Å². The van der Waals surface area contributed by atoms with Crippen LogP contribution in [0.25, 0.3) is 0 Å². The predicted octanol–water partition coefficient (Wildman–Crippen LogP) is 1.26. The van der Waals surface area contributed by atoms with Crippen LogP contribution in [0.3, 0.4) is 0 Å². The van der Waals surface area contributed by atoms with E-state index in [2.05, 4.69) is 26.5 Å². The molecule has 0 rings (SSSR count). The van der Waals surface area contributed by atoms with Gasteiger partial charge >= 0.3 is 0 Å². The van der Waals surface area contributed by atoms with E-state index >= 15 is 0 Å². The molecule has 0 spiro atoms. The number of methoxy groups -OCH3 is 1. The van der Waals surface area contributed by atoms with Crippen molar-refractivity contribution in [1.29, 1.82) is 0 Å². The molecule has 0 saturated carbocycles. The van der Waals surface area contributed by atoms with E-state index in [9.17, 15) is 0 Å². The van der Waals surface area contributed by atoms with Gasteiger partial charge in [-0.1, -0.05) is 8.93 Å². The number of halogens is 1. The van der Waals surface area contributed by atoms with Gasteiger partial charge in [0.1, 0.15) is 0 Å². The predicted molar refractivity (Wildman–Crippen MR) is 46.4 cm³/mol. The minimum absolute atomic E-state index is 0.803. The molecule has 0 unspecified atom stereocenters. The van der Waals surface area contributed by atoms with Crippen LogP contribution in [0.2, 0.25) is 0 Å². The molecule has 0 aromatic heterocycles. The molecule has 0 radical (unpaired) electrons. The summed E-state index contributed by atoms with van der Waals surface area (Å²) in [6.07, 6.45) is 0. The standard InChI is InChI=1S/C4H10INOS/c1-7-3-2-6-4-8-5/h6H,2-4H2,1H3. The first kappa shape index (κ1) is 9.00. The van der Waals surface area contributed by atoms with Gasteiger partial charge in [0.2, 0.25) is 0 Å². The van der Waals surface area contributed by atoms with Gasteiger partial charge in [0, 0.05) is 13.7 Å². The molecule has 0 aromatic rings. The molecule has 0 heterocycles. The molecule has 50 valence electrons. The lowest BCUT2D eigenvalue weighted by atomic mass is 10.7. The molecule has 0 atom stereocenters. The Morgan fingerprint density at radius 2 is 2.50 bits per heavy atom. The molecule has 0 aliphatic carbocycles. The zero-order valence-electron chi connectivity index (χ0n) is 4.82. The zero-order valence-corrected chi connectivity index (χ0v) is 7.79. The number of rotatable bonds is 5. The SMILES string of the molecule is COCCNCSI. The monoisotopic (exact) mass is 247 g/mol. The zero-order chi connectivity index (χ0) is 6.24. The Kier molecular flexibility index (Phi) is 9.00. The van der Waals surface area contributed by atoms with Gasteiger partial charge in [0.05, 0.1) is 12.5 Å². The summed E-state index contributed by atoms with van der Waals surface area (Å²) >= 11 is 2.25. The van der Waals surface area contributed by atoms with E-state index in [0.717, 1.165) is 19.0 Å². The molecule has 8 heavy (non-hydrogen) atoms. The average Bonchev–Trinajstić information content (AvgIpc) is 1.81. The summed E-state index contributed by atoms with van der Waals surface area (Å²) in [5, 5.41) is 3.17. The molecule has 0 fully saturated rings. The van der Waals surface area contributed by atoms with Gasteiger partial charge < -0.3 is 10.1 Å². The summed E-state index contributed by atoms with van der Waals surface area (Å²) in [5.41, 5.74) is 0. The molecule has 0 aromatic carbocycles. The van der Waals surface area contributed by atoms with E-state index in [1.54, 1.807) is 16.0 Å². The highest BCUT2D eigenvalue weighted by atomic mass is 127. The van der Waals surface area contributed by atoms with Crippen molar-refractivity contribution in [3.8, 4) is 0 Å². The van der Waals surface area contributed by atoms with E-state index in [4.69, 9.17) is 4.74 Å². The van der Waals surface area contributed by atoms with Gasteiger partial charge in [0.15, 0.2) is 0 Å². The fourth-order valence-corrected chi connectivity index (χ4v) is 1.17. The smallest absolute Gasteiger partial charge is 0.0587 e. The van der Waals surface area contributed by atoms with Crippen molar-refractivity contribution in [3.05, 3.63) is 0 Å². The molecule has 0 saturated heterocycles. The third-order valence-corrected chi connectivity index (χ3v) is 1.89. The number of nitrogens with one attached hydrogen (secondary N) is 1. The second-order valence-corrected chi connectivity index (χ2v) is 3.62.